The number of pyridine rings is 1. The van der Waals surface area contributed by atoms with E-state index in [1.54, 1.807) is 18.3 Å². The minimum atomic E-state index is -0.673. The zero-order valence-electron chi connectivity index (χ0n) is 19.0. The van der Waals surface area contributed by atoms with Gasteiger partial charge in [-0.15, -0.1) is 0 Å². The van der Waals surface area contributed by atoms with Crippen molar-refractivity contribution >= 4 is 22.8 Å². The first kappa shape index (κ1) is 21.9. The summed E-state index contributed by atoms with van der Waals surface area (Å²) in [5.74, 6) is 0.935. The molecule has 3 N–H and O–H groups in total. The second-order valence-electron chi connectivity index (χ2n) is 9.05. The van der Waals surface area contributed by atoms with Gasteiger partial charge in [-0.05, 0) is 45.1 Å². The zero-order chi connectivity index (χ0) is 23.0. The van der Waals surface area contributed by atoms with Crippen LogP contribution in [0.25, 0.3) is 22.2 Å². The number of urea groups is 1. The fourth-order valence-electron chi connectivity index (χ4n) is 3.84. The molecule has 3 heterocycles. The monoisotopic (exact) mass is 438 g/mol. The maximum Gasteiger partial charge on any atom is 0.317 e. The number of anilines is 1. The van der Waals surface area contributed by atoms with Gasteiger partial charge < -0.3 is 15.0 Å². The molecule has 0 unspecified atom stereocenters. The van der Waals surface area contributed by atoms with Crippen LogP contribution in [-0.4, -0.2) is 32.0 Å². The maximum absolute atomic E-state index is 12.9. The van der Waals surface area contributed by atoms with Crippen LogP contribution in [0.5, 0.6) is 5.75 Å². The van der Waals surface area contributed by atoms with Crippen LogP contribution in [0.2, 0.25) is 0 Å². The minimum absolute atomic E-state index is 0.127. The molecule has 9 nitrogen and oxygen atoms in total. The summed E-state index contributed by atoms with van der Waals surface area (Å²) >= 11 is 0. The Morgan fingerprint density at radius 1 is 1.28 bits per heavy atom. The van der Waals surface area contributed by atoms with E-state index in [1.807, 2.05) is 27.7 Å². The lowest BCUT2D eigenvalue weighted by molar-refractivity contribution is 0.259. The van der Waals surface area contributed by atoms with E-state index in [9.17, 15) is 9.59 Å². The number of carbonyl (C=O) groups excluding carboxylic acids is 1. The van der Waals surface area contributed by atoms with E-state index < -0.39 is 6.03 Å². The van der Waals surface area contributed by atoms with Gasteiger partial charge in [-0.2, -0.15) is 5.10 Å². The Kier molecular flexibility index (Phi) is 5.90. The number of carbonyl (C=O) groups is 1. The molecule has 4 rings (SSSR count). The van der Waals surface area contributed by atoms with Gasteiger partial charge in [0.15, 0.2) is 5.75 Å². The molecule has 1 aliphatic carbocycles. The molecule has 0 bridgehead atoms. The summed E-state index contributed by atoms with van der Waals surface area (Å²) in [5, 5.41) is 8.09. The Morgan fingerprint density at radius 3 is 2.62 bits per heavy atom. The van der Waals surface area contributed by atoms with E-state index in [4.69, 9.17) is 10.5 Å². The summed E-state index contributed by atoms with van der Waals surface area (Å²) in [4.78, 5) is 28.6. The number of primary amides is 1. The lowest BCUT2D eigenvalue weighted by atomic mass is 9.93. The molecule has 0 aliphatic heterocycles. The average molecular weight is 439 g/mol. The quantitative estimate of drug-likeness (QED) is 0.576. The molecule has 1 fully saturated rings. The van der Waals surface area contributed by atoms with Crippen LogP contribution in [0.3, 0.4) is 0 Å². The molecule has 0 saturated heterocycles. The van der Waals surface area contributed by atoms with E-state index in [1.165, 1.54) is 11.1 Å². The second-order valence-corrected chi connectivity index (χ2v) is 9.05. The highest BCUT2D eigenvalue weighted by Crippen LogP contribution is 2.39. The molecule has 1 saturated carbocycles. The van der Waals surface area contributed by atoms with Crippen molar-refractivity contribution in [1.29, 1.82) is 0 Å². The number of hydrogen-bond acceptors (Lipinski definition) is 5. The van der Waals surface area contributed by atoms with Crippen molar-refractivity contribution in [2.24, 2.45) is 11.7 Å². The Bertz CT molecular complexity index is 1210. The Balaban J connectivity index is 1.90. The summed E-state index contributed by atoms with van der Waals surface area (Å²) < 4.78 is 9.54. The first-order chi connectivity index (χ1) is 15.2. The number of hydrogen-bond donors (Lipinski definition) is 2. The number of ether oxygens (including phenoxy) is 1. The average Bonchev–Trinajstić information content (AvgIpc) is 3.03. The van der Waals surface area contributed by atoms with Crippen LogP contribution in [0.15, 0.2) is 29.3 Å². The number of nitrogens with two attached hydrogens (primary N) is 1. The lowest BCUT2D eigenvalue weighted by Gasteiger charge is -2.27. The van der Waals surface area contributed by atoms with Crippen molar-refractivity contribution in [3.05, 3.63) is 34.9 Å². The molecule has 0 spiro atoms. The fourth-order valence-corrected chi connectivity index (χ4v) is 3.84. The summed E-state index contributed by atoms with van der Waals surface area (Å²) in [5.41, 5.74) is 7.48. The van der Waals surface area contributed by atoms with Crippen LogP contribution in [-0.2, 0) is 0 Å². The van der Waals surface area contributed by atoms with Gasteiger partial charge in [0.1, 0.15) is 5.82 Å². The number of nitrogens with zero attached hydrogens (tertiary/aromatic N) is 4. The Hall–Kier alpha value is -3.36. The van der Waals surface area contributed by atoms with Crippen LogP contribution in [0.4, 0.5) is 10.6 Å². The largest absolute Gasteiger partial charge is 0.488 e. The molecular weight excluding hydrogens is 408 g/mol. The van der Waals surface area contributed by atoms with Gasteiger partial charge in [-0.1, -0.05) is 13.8 Å². The minimum Gasteiger partial charge on any atom is -0.488 e. The Labute approximate surface area is 186 Å². The first-order valence-electron chi connectivity index (χ1n) is 11.1. The molecule has 3 aromatic heterocycles. The van der Waals surface area contributed by atoms with Gasteiger partial charge in [0, 0.05) is 29.3 Å². The normalized spacial score (nSPS) is 14.2. The highest BCUT2D eigenvalue weighted by atomic mass is 16.5. The fraction of sp³-hybridized carbons (Fsp3) is 0.478. The van der Waals surface area contributed by atoms with E-state index in [0.717, 1.165) is 29.3 Å². The smallest absolute Gasteiger partial charge is 0.317 e. The van der Waals surface area contributed by atoms with Crippen molar-refractivity contribution < 1.29 is 9.53 Å². The van der Waals surface area contributed by atoms with E-state index in [-0.39, 0.29) is 23.3 Å². The van der Waals surface area contributed by atoms with Gasteiger partial charge >= 0.3 is 11.6 Å². The first-order valence-corrected chi connectivity index (χ1v) is 11.1. The molecule has 0 radical (unpaired) electrons. The standard InChI is InChI=1S/C23H30N6O3/c1-13(2)12-32-20-9-18(27-29(14(3)4)22(20)30)17-11-28(15-6-5-7-15)19-10-25-21(8-16(17)19)26-23(24)31/h8-11,13-15H,5-7,12H2,1-4H3,(H3,24,25,26,31). The molecule has 0 atom stereocenters. The number of amides is 2. The summed E-state index contributed by atoms with van der Waals surface area (Å²) in [6.07, 6.45) is 7.21. The van der Waals surface area contributed by atoms with Gasteiger partial charge in [-0.25, -0.2) is 14.5 Å². The Morgan fingerprint density at radius 2 is 2.03 bits per heavy atom. The van der Waals surface area contributed by atoms with Crippen LogP contribution < -0.4 is 21.3 Å². The maximum atomic E-state index is 12.9. The van der Waals surface area contributed by atoms with Crippen LogP contribution in [0.1, 0.15) is 59.0 Å². The summed E-state index contributed by atoms with van der Waals surface area (Å²) in [7, 11) is 0. The van der Waals surface area contributed by atoms with Gasteiger partial charge in [-0.3, -0.25) is 10.1 Å². The number of rotatable bonds is 7. The molecule has 9 heteroatoms. The molecule has 0 aromatic carbocycles. The lowest BCUT2D eigenvalue weighted by Crippen LogP contribution is -2.27. The number of nitrogens with one attached hydrogen (secondary N) is 1. The summed E-state index contributed by atoms with van der Waals surface area (Å²) in [6.45, 7) is 8.35. The summed E-state index contributed by atoms with van der Waals surface area (Å²) in [6, 6.07) is 3.11. The number of aromatic nitrogens is 4. The topological polar surface area (TPSA) is 117 Å². The third kappa shape index (κ3) is 4.19. The van der Waals surface area contributed by atoms with Crippen LogP contribution >= 0.6 is 0 Å². The highest BCUT2D eigenvalue weighted by molar-refractivity contribution is 5.98. The molecule has 170 valence electrons. The SMILES string of the molecule is CC(C)COc1cc(-c2cn(C3CCC3)c3cnc(NC(N)=O)cc23)nn(C(C)C)c1=O. The highest BCUT2D eigenvalue weighted by Gasteiger charge is 2.24. The zero-order valence-corrected chi connectivity index (χ0v) is 19.0. The van der Waals surface area contributed by atoms with Crippen molar-refractivity contribution in [2.75, 3.05) is 11.9 Å². The molecule has 1 aliphatic rings. The third-order valence-corrected chi connectivity index (χ3v) is 5.68. The predicted molar refractivity (Wildman–Crippen MR) is 124 cm³/mol. The van der Waals surface area contributed by atoms with Crippen LogP contribution in [0, 0.1) is 5.92 Å². The van der Waals surface area contributed by atoms with Crippen molar-refractivity contribution in [3.63, 3.8) is 0 Å². The predicted octanol–water partition coefficient (Wildman–Crippen LogP) is 4.09. The van der Waals surface area contributed by atoms with Gasteiger partial charge in [0.2, 0.25) is 0 Å². The van der Waals surface area contributed by atoms with E-state index in [2.05, 4.69) is 26.2 Å². The third-order valence-electron chi connectivity index (χ3n) is 5.68. The van der Waals surface area contributed by atoms with Crippen molar-refractivity contribution in [1.82, 2.24) is 19.3 Å². The molecule has 32 heavy (non-hydrogen) atoms. The van der Waals surface area contributed by atoms with Crippen molar-refractivity contribution in [2.45, 2.75) is 59.0 Å². The molecule has 3 aromatic rings. The molecular formula is C23H30N6O3. The van der Waals surface area contributed by atoms with E-state index in [0.29, 0.717) is 24.2 Å². The van der Waals surface area contributed by atoms with Gasteiger partial charge in [0.25, 0.3) is 0 Å². The van der Waals surface area contributed by atoms with E-state index >= 15 is 0 Å². The second kappa shape index (κ2) is 8.64. The number of fused-ring (bicyclic) bond motifs is 1. The molecule has 2 amide bonds. The van der Waals surface area contributed by atoms with Crippen molar-refractivity contribution in [3.8, 4) is 17.0 Å². The van der Waals surface area contributed by atoms with Gasteiger partial charge in [0.05, 0.1) is 30.1 Å².